The Balaban J connectivity index is 1.64. The van der Waals surface area contributed by atoms with Crippen LogP contribution in [-0.2, 0) is 11.2 Å². The molecule has 29 heavy (non-hydrogen) atoms. The Kier molecular flexibility index (Phi) is 6.91. The average molecular weight is 395 g/mol. The quantitative estimate of drug-likeness (QED) is 0.613. The molecule has 0 bridgehead atoms. The van der Waals surface area contributed by atoms with E-state index >= 15 is 0 Å². The molecular formula is C24H29NO4. The summed E-state index contributed by atoms with van der Waals surface area (Å²) in [4.78, 5) is 27.2. The minimum atomic E-state index is 0.0150. The number of nitrogens with zero attached hydrogens (tertiary/aromatic N) is 1. The number of rotatable bonds is 8. The Bertz CT molecular complexity index is 860. The third-order valence-corrected chi connectivity index (χ3v) is 5.62. The van der Waals surface area contributed by atoms with Crippen LogP contribution in [0.1, 0.15) is 60.1 Å². The summed E-state index contributed by atoms with van der Waals surface area (Å²) in [5, 5.41) is 0. The average Bonchev–Trinajstić information content (AvgIpc) is 3.26. The fourth-order valence-corrected chi connectivity index (χ4v) is 3.91. The fourth-order valence-electron chi connectivity index (χ4n) is 3.91. The molecule has 2 aromatic carbocycles. The van der Waals surface area contributed by atoms with Gasteiger partial charge in [0.15, 0.2) is 17.3 Å². The topological polar surface area (TPSA) is 55.8 Å². The van der Waals surface area contributed by atoms with Gasteiger partial charge >= 0.3 is 0 Å². The van der Waals surface area contributed by atoms with Crippen LogP contribution < -0.4 is 9.47 Å². The van der Waals surface area contributed by atoms with E-state index in [0.29, 0.717) is 17.1 Å². The van der Waals surface area contributed by atoms with Crippen LogP contribution in [0.25, 0.3) is 0 Å². The van der Waals surface area contributed by atoms with Crippen LogP contribution in [0.2, 0.25) is 0 Å². The maximum Gasteiger partial charge on any atom is 0.223 e. The fraction of sp³-hybridized carbons (Fsp3) is 0.417. The molecule has 1 saturated heterocycles. The Hall–Kier alpha value is -2.82. The SMILES string of the molecule is CCc1ccc(C(=O)CCC(=O)N2CCCC2c2ccc(OC)c(OC)c2)cc1. The first kappa shape index (κ1) is 20.9. The van der Waals surface area contributed by atoms with Crippen molar-refractivity contribution < 1.29 is 19.1 Å². The van der Waals surface area contributed by atoms with Crippen molar-refractivity contribution in [2.45, 2.75) is 45.1 Å². The summed E-state index contributed by atoms with van der Waals surface area (Å²) >= 11 is 0. The molecule has 0 saturated carbocycles. The smallest absolute Gasteiger partial charge is 0.223 e. The van der Waals surface area contributed by atoms with E-state index in [2.05, 4.69) is 6.92 Å². The van der Waals surface area contributed by atoms with Gasteiger partial charge in [-0.25, -0.2) is 0 Å². The lowest BCUT2D eigenvalue weighted by Crippen LogP contribution is -2.30. The first-order chi connectivity index (χ1) is 14.1. The lowest BCUT2D eigenvalue weighted by atomic mass is 10.0. The Morgan fingerprint density at radius 3 is 2.38 bits per heavy atom. The van der Waals surface area contributed by atoms with Crippen LogP contribution in [0, 0.1) is 0 Å². The van der Waals surface area contributed by atoms with Crippen molar-refractivity contribution >= 4 is 11.7 Å². The van der Waals surface area contributed by atoms with Gasteiger partial charge in [-0.05, 0) is 42.5 Å². The Labute approximate surface area is 172 Å². The highest BCUT2D eigenvalue weighted by Crippen LogP contribution is 2.37. The van der Waals surface area contributed by atoms with Crippen LogP contribution in [0.5, 0.6) is 11.5 Å². The number of amides is 1. The minimum absolute atomic E-state index is 0.0150. The number of hydrogen-bond acceptors (Lipinski definition) is 4. The van der Waals surface area contributed by atoms with Crippen LogP contribution in [0.4, 0.5) is 0 Å². The maximum absolute atomic E-state index is 12.9. The van der Waals surface area contributed by atoms with Gasteiger partial charge in [-0.1, -0.05) is 37.3 Å². The Morgan fingerprint density at radius 1 is 1.00 bits per heavy atom. The summed E-state index contributed by atoms with van der Waals surface area (Å²) < 4.78 is 10.7. The number of carbonyl (C=O) groups is 2. The van der Waals surface area contributed by atoms with Gasteiger partial charge in [0.05, 0.1) is 20.3 Å². The molecule has 0 N–H and O–H groups in total. The van der Waals surface area contributed by atoms with E-state index < -0.39 is 0 Å². The molecule has 3 rings (SSSR count). The van der Waals surface area contributed by atoms with E-state index in [1.54, 1.807) is 14.2 Å². The predicted octanol–water partition coefficient (Wildman–Crippen LogP) is 4.59. The summed E-state index contributed by atoms with van der Waals surface area (Å²) in [6.07, 6.45) is 3.28. The van der Waals surface area contributed by atoms with Gasteiger partial charge in [0.2, 0.25) is 5.91 Å². The van der Waals surface area contributed by atoms with E-state index in [0.717, 1.165) is 31.4 Å². The monoisotopic (exact) mass is 395 g/mol. The largest absolute Gasteiger partial charge is 0.493 e. The molecular weight excluding hydrogens is 366 g/mol. The van der Waals surface area contributed by atoms with Crippen molar-refractivity contribution in [2.75, 3.05) is 20.8 Å². The number of hydrogen-bond donors (Lipinski definition) is 0. The van der Waals surface area contributed by atoms with Gasteiger partial charge in [0.1, 0.15) is 0 Å². The van der Waals surface area contributed by atoms with E-state index in [-0.39, 0.29) is 30.6 Å². The highest BCUT2D eigenvalue weighted by Gasteiger charge is 2.30. The molecule has 2 aromatic rings. The van der Waals surface area contributed by atoms with Crippen molar-refractivity contribution in [1.29, 1.82) is 0 Å². The molecule has 154 valence electrons. The number of benzene rings is 2. The molecule has 1 aliphatic heterocycles. The number of Topliss-reactive ketones (excluding diaryl/α,β-unsaturated/α-hetero) is 1. The number of methoxy groups -OCH3 is 2. The minimum Gasteiger partial charge on any atom is -0.493 e. The van der Waals surface area contributed by atoms with Gasteiger partial charge in [-0.15, -0.1) is 0 Å². The van der Waals surface area contributed by atoms with Gasteiger partial charge in [-0.2, -0.15) is 0 Å². The zero-order valence-electron chi connectivity index (χ0n) is 17.4. The highest BCUT2D eigenvalue weighted by molar-refractivity contribution is 5.98. The molecule has 1 unspecified atom stereocenters. The maximum atomic E-state index is 12.9. The van der Waals surface area contributed by atoms with Crippen molar-refractivity contribution in [3.63, 3.8) is 0 Å². The van der Waals surface area contributed by atoms with E-state index in [9.17, 15) is 9.59 Å². The molecule has 0 aliphatic carbocycles. The lowest BCUT2D eigenvalue weighted by molar-refractivity contribution is -0.132. The predicted molar refractivity (Wildman–Crippen MR) is 113 cm³/mol. The van der Waals surface area contributed by atoms with E-state index in [4.69, 9.17) is 9.47 Å². The van der Waals surface area contributed by atoms with E-state index in [1.807, 2.05) is 47.4 Å². The molecule has 0 aromatic heterocycles. The molecule has 0 radical (unpaired) electrons. The summed E-state index contributed by atoms with van der Waals surface area (Å²) in [7, 11) is 3.22. The standard InChI is InChI=1S/C24H29NO4/c1-4-17-7-9-18(10-8-17)21(26)12-14-24(27)25-15-5-6-20(25)19-11-13-22(28-2)23(16-19)29-3/h7-11,13,16,20H,4-6,12,14-15H2,1-3H3. The van der Waals surface area contributed by atoms with Gasteiger partial charge < -0.3 is 14.4 Å². The van der Waals surface area contributed by atoms with Crippen molar-refractivity contribution in [2.24, 2.45) is 0 Å². The van der Waals surface area contributed by atoms with Gasteiger partial charge in [0.25, 0.3) is 0 Å². The number of ketones is 1. The third-order valence-electron chi connectivity index (χ3n) is 5.62. The van der Waals surface area contributed by atoms with Crippen molar-refractivity contribution in [3.05, 3.63) is 59.2 Å². The van der Waals surface area contributed by atoms with Gasteiger partial charge in [0, 0.05) is 24.9 Å². The van der Waals surface area contributed by atoms with Crippen LogP contribution in [0.15, 0.2) is 42.5 Å². The molecule has 5 nitrogen and oxygen atoms in total. The molecule has 0 spiro atoms. The number of aryl methyl sites for hydroxylation is 1. The van der Waals surface area contributed by atoms with Crippen molar-refractivity contribution in [1.82, 2.24) is 4.90 Å². The normalized spacial score (nSPS) is 16.0. The third kappa shape index (κ3) is 4.78. The second-order valence-electron chi connectivity index (χ2n) is 7.33. The van der Waals surface area contributed by atoms with Crippen molar-refractivity contribution in [3.8, 4) is 11.5 Å². The molecule has 5 heteroatoms. The van der Waals surface area contributed by atoms with Crippen LogP contribution >= 0.6 is 0 Å². The number of ether oxygens (including phenoxy) is 2. The summed E-state index contributed by atoms with van der Waals surface area (Å²) in [5.74, 6) is 1.38. The first-order valence-electron chi connectivity index (χ1n) is 10.2. The zero-order chi connectivity index (χ0) is 20.8. The highest BCUT2D eigenvalue weighted by atomic mass is 16.5. The molecule has 1 atom stereocenters. The van der Waals surface area contributed by atoms with Gasteiger partial charge in [-0.3, -0.25) is 9.59 Å². The molecule has 1 aliphatic rings. The Morgan fingerprint density at radius 2 is 1.72 bits per heavy atom. The summed E-state index contributed by atoms with van der Waals surface area (Å²) in [6.45, 7) is 2.80. The second kappa shape index (κ2) is 9.59. The van der Waals surface area contributed by atoms with E-state index in [1.165, 1.54) is 5.56 Å². The summed E-state index contributed by atoms with van der Waals surface area (Å²) in [6, 6.07) is 13.5. The number of carbonyl (C=O) groups excluding carboxylic acids is 2. The number of likely N-dealkylation sites (tertiary alicyclic amines) is 1. The van der Waals surface area contributed by atoms with Crippen LogP contribution in [-0.4, -0.2) is 37.4 Å². The molecule has 1 amide bonds. The lowest BCUT2D eigenvalue weighted by Gasteiger charge is -2.25. The zero-order valence-corrected chi connectivity index (χ0v) is 17.4. The van der Waals surface area contributed by atoms with Crippen LogP contribution in [0.3, 0.4) is 0 Å². The second-order valence-corrected chi connectivity index (χ2v) is 7.33. The molecule has 1 heterocycles. The summed E-state index contributed by atoms with van der Waals surface area (Å²) in [5.41, 5.74) is 2.91. The first-order valence-corrected chi connectivity index (χ1v) is 10.2. The molecule has 1 fully saturated rings.